The molecular formula is C28H29N4O4S. The van der Waals surface area contributed by atoms with Crippen molar-refractivity contribution >= 4 is 15.8 Å². The molecular weight excluding hydrogens is 488 g/mol. The Morgan fingerprint density at radius 2 is 1.62 bits per heavy atom. The van der Waals surface area contributed by atoms with Gasteiger partial charge in [0.1, 0.15) is 19.5 Å². The van der Waals surface area contributed by atoms with Crippen LogP contribution in [0.1, 0.15) is 31.9 Å². The minimum atomic E-state index is -3.93. The lowest BCUT2D eigenvalue weighted by Gasteiger charge is -2.19. The van der Waals surface area contributed by atoms with Gasteiger partial charge in [0.15, 0.2) is 5.82 Å². The second-order valence-corrected chi connectivity index (χ2v) is 11.1. The van der Waals surface area contributed by atoms with Crippen molar-refractivity contribution in [1.29, 1.82) is 0 Å². The maximum Gasteiger partial charge on any atom is 0.263 e. The molecule has 0 bridgehead atoms. The van der Waals surface area contributed by atoms with E-state index in [0.717, 1.165) is 11.1 Å². The number of hydrogen-bond acceptors (Lipinski definition) is 7. The van der Waals surface area contributed by atoms with Gasteiger partial charge < -0.3 is 9.47 Å². The van der Waals surface area contributed by atoms with Gasteiger partial charge >= 0.3 is 0 Å². The number of benzene rings is 2. The van der Waals surface area contributed by atoms with Gasteiger partial charge in [-0.2, -0.15) is 0 Å². The van der Waals surface area contributed by atoms with Crippen LogP contribution in [0.2, 0.25) is 0 Å². The highest BCUT2D eigenvalue weighted by Crippen LogP contribution is 2.35. The first-order valence-electron chi connectivity index (χ1n) is 11.8. The topological polar surface area (TPSA) is 103 Å². The van der Waals surface area contributed by atoms with E-state index in [1.54, 1.807) is 30.5 Å². The molecule has 0 aliphatic heterocycles. The monoisotopic (exact) mass is 517 g/mol. The summed E-state index contributed by atoms with van der Waals surface area (Å²) in [4.78, 5) is 12.7. The van der Waals surface area contributed by atoms with Crippen molar-refractivity contribution in [2.75, 3.05) is 17.9 Å². The first-order chi connectivity index (χ1) is 17.6. The highest BCUT2D eigenvalue weighted by molar-refractivity contribution is 7.92. The van der Waals surface area contributed by atoms with E-state index in [2.05, 4.69) is 46.5 Å². The van der Waals surface area contributed by atoms with Crippen LogP contribution in [-0.2, 0) is 15.4 Å². The molecule has 191 valence electrons. The van der Waals surface area contributed by atoms with Gasteiger partial charge in [-0.3, -0.25) is 4.72 Å². The first-order valence-corrected chi connectivity index (χ1v) is 13.3. The van der Waals surface area contributed by atoms with E-state index in [4.69, 9.17) is 9.47 Å². The molecule has 0 aliphatic rings. The molecule has 0 unspecified atom stereocenters. The third kappa shape index (κ3) is 6.62. The van der Waals surface area contributed by atoms with Gasteiger partial charge in [0.2, 0.25) is 11.8 Å². The molecule has 2 aromatic carbocycles. The first kappa shape index (κ1) is 26.1. The summed E-state index contributed by atoms with van der Waals surface area (Å²) in [5, 5.41) is 0. The molecule has 2 aromatic heterocycles. The maximum absolute atomic E-state index is 13.3. The fourth-order valence-corrected chi connectivity index (χ4v) is 4.54. The average molecular weight is 518 g/mol. The minimum absolute atomic E-state index is 0.0917. The molecule has 1 N–H and O–H groups in total. The van der Waals surface area contributed by atoms with Crippen molar-refractivity contribution in [1.82, 2.24) is 15.0 Å². The van der Waals surface area contributed by atoms with Crippen LogP contribution in [-0.4, -0.2) is 36.6 Å². The molecule has 0 atom stereocenters. The number of anilines is 1. The fourth-order valence-electron chi connectivity index (χ4n) is 3.52. The zero-order valence-electron chi connectivity index (χ0n) is 21.2. The number of aryl methyl sites for hydroxylation is 1. The van der Waals surface area contributed by atoms with Crippen molar-refractivity contribution in [3.8, 4) is 22.9 Å². The molecule has 4 rings (SSSR count). The normalized spacial score (nSPS) is 11.7. The molecule has 0 fully saturated rings. The zero-order valence-corrected chi connectivity index (χ0v) is 22.0. The van der Waals surface area contributed by atoms with E-state index in [0.29, 0.717) is 17.0 Å². The number of pyridine rings is 1. The number of sulfonamides is 1. The summed E-state index contributed by atoms with van der Waals surface area (Å²) in [6.45, 7) is 8.55. The molecule has 0 saturated heterocycles. The van der Waals surface area contributed by atoms with Gasteiger partial charge in [-0.15, -0.1) is 0 Å². The molecule has 8 nitrogen and oxygen atoms in total. The molecule has 0 spiro atoms. The Balaban J connectivity index is 1.61. The third-order valence-electron chi connectivity index (χ3n) is 5.56. The van der Waals surface area contributed by atoms with Crippen LogP contribution >= 0.6 is 0 Å². The van der Waals surface area contributed by atoms with Crippen molar-refractivity contribution in [2.24, 2.45) is 0 Å². The number of ether oxygens (including phenoxy) is 2. The summed E-state index contributed by atoms with van der Waals surface area (Å²) in [6.07, 6.45) is 2.88. The number of aromatic nitrogens is 3. The lowest BCUT2D eigenvalue weighted by atomic mass is 9.87. The summed E-state index contributed by atoms with van der Waals surface area (Å²) >= 11 is 0. The van der Waals surface area contributed by atoms with Crippen LogP contribution in [0.25, 0.3) is 11.1 Å². The zero-order chi connectivity index (χ0) is 26.5. The second kappa shape index (κ2) is 11.0. The van der Waals surface area contributed by atoms with E-state index in [1.807, 2.05) is 43.3 Å². The predicted molar refractivity (Wildman–Crippen MR) is 142 cm³/mol. The van der Waals surface area contributed by atoms with Crippen LogP contribution in [0.5, 0.6) is 11.8 Å². The summed E-state index contributed by atoms with van der Waals surface area (Å²) in [6, 6.07) is 20.8. The van der Waals surface area contributed by atoms with Crippen molar-refractivity contribution in [3.63, 3.8) is 0 Å². The Morgan fingerprint density at radius 1 is 0.919 bits per heavy atom. The van der Waals surface area contributed by atoms with Gasteiger partial charge in [-0.05, 0) is 47.7 Å². The largest absolute Gasteiger partial charge is 0.474 e. The highest BCUT2D eigenvalue weighted by Gasteiger charge is 2.22. The number of nitrogens with zero attached hydrogens (tertiary/aromatic N) is 3. The Bertz CT molecular complexity index is 1430. The van der Waals surface area contributed by atoms with E-state index < -0.39 is 10.0 Å². The van der Waals surface area contributed by atoms with E-state index in [9.17, 15) is 8.42 Å². The van der Waals surface area contributed by atoms with Gasteiger partial charge in [0.25, 0.3) is 10.0 Å². The number of rotatable bonds is 9. The Morgan fingerprint density at radius 3 is 2.27 bits per heavy atom. The van der Waals surface area contributed by atoms with Crippen LogP contribution in [0.15, 0.2) is 78.1 Å². The van der Waals surface area contributed by atoms with E-state index in [1.165, 1.54) is 6.33 Å². The average Bonchev–Trinajstić information content (AvgIpc) is 2.87. The van der Waals surface area contributed by atoms with E-state index >= 15 is 0 Å². The lowest BCUT2D eigenvalue weighted by molar-refractivity contribution is 0.207. The number of nitrogens with one attached hydrogen (secondary N) is 1. The van der Waals surface area contributed by atoms with E-state index in [-0.39, 0.29) is 35.2 Å². The van der Waals surface area contributed by atoms with Crippen LogP contribution < -0.4 is 14.2 Å². The van der Waals surface area contributed by atoms with Crippen LogP contribution in [0.4, 0.5) is 5.82 Å². The minimum Gasteiger partial charge on any atom is -0.474 e. The smallest absolute Gasteiger partial charge is 0.263 e. The molecule has 0 saturated carbocycles. The molecule has 4 aromatic rings. The molecule has 9 heteroatoms. The quantitative estimate of drug-likeness (QED) is 0.304. The Labute approximate surface area is 217 Å². The Hall–Kier alpha value is -3.98. The molecule has 37 heavy (non-hydrogen) atoms. The lowest BCUT2D eigenvalue weighted by Crippen LogP contribution is -2.17. The molecule has 0 aliphatic carbocycles. The van der Waals surface area contributed by atoms with Crippen molar-refractivity contribution < 1.29 is 17.9 Å². The van der Waals surface area contributed by atoms with Crippen LogP contribution in [0.3, 0.4) is 0 Å². The van der Waals surface area contributed by atoms with Crippen molar-refractivity contribution in [3.05, 3.63) is 90.4 Å². The predicted octanol–water partition coefficient (Wildman–Crippen LogP) is 5.20. The maximum atomic E-state index is 13.3. The summed E-state index contributed by atoms with van der Waals surface area (Å²) in [7, 11) is -3.93. The van der Waals surface area contributed by atoms with Gasteiger partial charge in [0, 0.05) is 12.3 Å². The molecule has 0 amide bonds. The summed E-state index contributed by atoms with van der Waals surface area (Å²) in [5.74, 6) is 0.708. The second-order valence-electron chi connectivity index (χ2n) is 9.43. The van der Waals surface area contributed by atoms with Crippen molar-refractivity contribution in [2.45, 2.75) is 38.0 Å². The Kier molecular flexibility index (Phi) is 7.73. The van der Waals surface area contributed by atoms with Gasteiger partial charge in [-0.25, -0.2) is 23.4 Å². The van der Waals surface area contributed by atoms with Crippen LogP contribution in [0, 0.1) is 13.0 Å². The third-order valence-corrected chi connectivity index (χ3v) is 6.91. The SMILES string of the molecule is Cc1ccc(-c2c(NS(=O)(=O)c3ccc(C(C)(C)C)cc3)ncnc2OCCOc2[c]cccn2)cc1. The summed E-state index contributed by atoms with van der Waals surface area (Å²) < 4.78 is 40.6. The standard InChI is InChI=1S/C28H29N4O4S/c1-20-8-10-21(11-9-20)25-26(32-37(33,34)23-14-12-22(13-15-23)28(2,3)4)30-19-31-27(25)36-18-17-35-24-7-5-6-16-29-24/h5-6,8-16,19H,17-18H2,1-4H3,(H,30,31,32). The van der Waals surface area contributed by atoms with Gasteiger partial charge in [0.05, 0.1) is 10.5 Å². The van der Waals surface area contributed by atoms with Gasteiger partial charge in [-0.1, -0.05) is 62.7 Å². The fraction of sp³-hybridized carbons (Fsp3) is 0.250. The molecule has 2 heterocycles. The number of hydrogen-bond donors (Lipinski definition) is 1. The summed E-state index contributed by atoms with van der Waals surface area (Å²) in [5.41, 5.74) is 3.15. The molecule has 1 radical (unpaired) electrons. The highest BCUT2D eigenvalue weighted by atomic mass is 32.2.